The van der Waals surface area contributed by atoms with Crippen LogP contribution in [0.3, 0.4) is 0 Å². The Kier molecular flexibility index (Phi) is 5.74. The second-order valence-corrected chi connectivity index (χ2v) is 4.67. The number of ether oxygens (including phenoxy) is 1. The van der Waals surface area contributed by atoms with E-state index in [0.29, 0.717) is 18.9 Å². The summed E-state index contributed by atoms with van der Waals surface area (Å²) in [4.78, 5) is 0.0834. The van der Waals surface area contributed by atoms with Crippen LogP contribution < -0.4 is 15.6 Å². The van der Waals surface area contributed by atoms with Crippen molar-refractivity contribution < 1.29 is 13.2 Å². The van der Waals surface area contributed by atoms with E-state index < -0.39 is 10.0 Å². The van der Waals surface area contributed by atoms with E-state index in [0.717, 1.165) is 5.56 Å². The lowest BCUT2D eigenvalue weighted by atomic mass is 10.2. The maximum Gasteiger partial charge on any atom is 0.238 e. The van der Waals surface area contributed by atoms with Crippen molar-refractivity contribution in [2.45, 2.75) is 11.8 Å². The molecule has 1 aromatic carbocycles. The highest BCUT2D eigenvalue weighted by Gasteiger charge is 2.09. The van der Waals surface area contributed by atoms with E-state index in [4.69, 9.17) is 15.6 Å². The molecule has 4 N–H and O–H groups in total. The van der Waals surface area contributed by atoms with Gasteiger partial charge in [0.1, 0.15) is 12.4 Å². The molecule has 0 saturated carbocycles. The lowest BCUT2D eigenvalue weighted by Crippen LogP contribution is -2.13. The quantitative estimate of drug-likeness (QED) is 0.825. The molecule has 1 aromatic rings. The van der Waals surface area contributed by atoms with Crippen LogP contribution >= 0.6 is 12.4 Å². The number of primary sulfonamides is 1. The van der Waals surface area contributed by atoms with Crippen LogP contribution in [0.4, 0.5) is 0 Å². The lowest BCUT2D eigenvalue weighted by molar-refractivity contribution is 0.326. The highest BCUT2D eigenvalue weighted by molar-refractivity contribution is 7.89. The summed E-state index contributed by atoms with van der Waals surface area (Å²) in [7, 11) is -3.64. The fraction of sp³-hybridized carbons (Fsp3) is 0.333. The molecule has 0 saturated heterocycles. The highest BCUT2D eigenvalue weighted by Crippen LogP contribution is 2.20. The molecule has 0 atom stereocenters. The molecular formula is C9H15ClN2O3S. The van der Waals surface area contributed by atoms with Gasteiger partial charge in [0.2, 0.25) is 10.0 Å². The van der Waals surface area contributed by atoms with Gasteiger partial charge in [0, 0.05) is 6.54 Å². The van der Waals surface area contributed by atoms with Crippen LogP contribution in [0.2, 0.25) is 0 Å². The summed E-state index contributed by atoms with van der Waals surface area (Å²) >= 11 is 0. The molecule has 0 aliphatic heterocycles. The zero-order valence-corrected chi connectivity index (χ0v) is 10.5. The maximum absolute atomic E-state index is 11.0. The largest absolute Gasteiger partial charge is 0.492 e. The van der Waals surface area contributed by atoms with Crippen molar-refractivity contribution in [2.24, 2.45) is 10.9 Å². The smallest absolute Gasteiger partial charge is 0.238 e. The molecule has 0 amide bonds. The first-order valence-electron chi connectivity index (χ1n) is 4.41. The molecule has 5 nitrogen and oxygen atoms in total. The number of aryl methyl sites for hydroxylation is 1. The molecule has 0 radical (unpaired) electrons. The molecule has 0 fully saturated rings. The van der Waals surface area contributed by atoms with E-state index in [-0.39, 0.29) is 17.3 Å². The predicted octanol–water partition coefficient (Wildman–Crippen LogP) is 0.402. The number of hydrogen-bond acceptors (Lipinski definition) is 4. The fourth-order valence-electron chi connectivity index (χ4n) is 1.13. The second-order valence-electron chi connectivity index (χ2n) is 3.11. The Bertz CT molecular complexity index is 448. The van der Waals surface area contributed by atoms with Gasteiger partial charge in [0.25, 0.3) is 0 Å². The van der Waals surface area contributed by atoms with Gasteiger partial charge in [-0.1, -0.05) is 0 Å². The first-order valence-corrected chi connectivity index (χ1v) is 5.96. The summed E-state index contributed by atoms with van der Waals surface area (Å²) in [6, 6.07) is 4.46. The van der Waals surface area contributed by atoms with Gasteiger partial charge in [-0.2, -0.15) is 0 Å². The Morgan fingerprint density at radius 3 is 2.44 bits per heavy atom. The molecule has 0 heterocycles. The molecule has 0 unspecified atom stereocenters. The number of halogens is 1. The summed E-state index contributed by atoms with van der Waals surface area (Å²) < 4.78 is 27.3. The predicted molar refractivity (Wildman–Crippen MR) is 64.3 cm³/mol. The number of nitrogens with two attached hydrogens (primary N) is 2. The Hall–Kier alpha value is -0.820. The summed E-state index contributed by atoms with van der Waals surface area (Å²) in [6.07, 6.45) is 0. The minimum atomic E-state index is -3.64. The van der Waals surface area contributed by atoms with Crippen LogP contribution in [-0.2, 0) is 10.0 Å². The first-order chi connectivity index (χ1) is 6.95. The van der Waals surface area contributed by atoms with Crippen LogP contribution in [0.15, 0.2) is 23.1 Å². The van der Waals surface area contributed by atoms with Crippen LogP contribution in [-0.4, -0.2) is 21.6 Å². The van der Waals surface area contributed by atoms with Crippen LogP contribution in [0.5, 0.6) is 5.75 Å². The summed E-state index contributed by atoms with van der Waals surface area (Å²) in [5, 5.41) is 4.99. The van der Waals surface area contributed by atoms with E-state index in [1.54, 1.807) is 13.0 Å². The molecule has 0 bridgehead atoms. The zero-order chi connectivity index (χ0) is 11.5. The molecule has 1 rings (SSSR count). The average Bonchev–Trinajstić information content (AvgIpc) is 2.14. The number of rotatable bonds is 4. The Labute approximate surface area is 101 Å². The van der Waals surface area contributed by atoms with Crippen molar-refractivity contribution in [1.82, 2.24) is 0 Å². The van der Waals surface area contributed by atoms with Crippen molar-refractivity contribution in [2.75, 3.05) is 13.2 Å². The van der Waals surface area contributed by atoms with E-state index >= 15 is 0 Å². The fourth-order valence-corrected chi connectivity index (χ4v) is 1.73. The van der Waals surface area contributed by atoms with Crippen LogP contribution in [0.25, 0.3) is 0 Å². The van der Waals surface area contributed by atoms with Crippen molar-refractivity contribution in [1.29, 1.82) is 0 Å². The van der Waals surface area contributed by atoms with Crippen molar-refractivity contribution >= 4 is 22.4 Å². The van der Waals surface area contributed by atoms with Gasteiger partial charge in [0.15, 0.2) is 0 Å². The van der Waals surface area contributed by atoms with Gasteiger partial charge in [-0.05, 0) is 30.7 Å². The Morgan fingerprint density at radius 1 is 1.38 bits per heavy atom. The third kappa shape index (κ3) is 3.97. The lowest BCUT2D eigenvalue weighted by Gasteiger charge is -2.08. The Balaban J connectivity index is 0.00000225. The SMILES string of the molecule is Cc1cc(S(N)(=O)=O)ccc1OCCN.Cl. The topological polar surface area (TPSA) is 95.4 Å². The van der Waals surface area contributed by atoms with Gasteiger partial charge in [-0.3, -0.25) is 0 Å². The summed E-state index contributed by atoms with van der Waals surface area (Å²) in [5.41, 5.74) is 6.00. The summed E-state index contributed by atoms with van der Waals surface area (Å²) in [6.45, 7) is 2.56. The van der Waals surface area contributed by atoms with E-state index in [1.165, 1.54) is 12.1 Å². The number of benzene rings is 1. The third-order valence-corrected chi connectivity index (χ3v) is 2.76. The van der Waals surface area contributed by atoms with Crippen molar-refractivity contribution in [3.8, 4) is 5.75 Å². The average molecular weight is 267 g/mol. The summed E-state index contributed by atoms with van der Waals surface area (Å²) in [5.74, 6) is 0.618. The van der Waals surface area contributed by atoms with Crippen molar-refractivity contribution in [3.05, 3.63) is 23.8 Å². The molecular weight excluding hydrogens is 252 g/mol. The minimum Gasteiger partial charge on any atom is -0.492 e. The zero-order valence-electron chi connectivity index (χ0n) is 8.84. The molecule has 92 valence electrons. The first kappa shape index (κ1) is 15.2. The standard InChI is InChI=1S/C9H14N2O3S.ClH/c1-7-6-8(15(11,12)13)2-3-9(7)14-5-4-10;/h2-3,6H,4-5,10H2,1H3,(H2,11,12,13);1H. The highest BCUT2D eigenvalue weighted by atomic mass is 35.5. The third-order valence-electron chi connectivity index (χ3n) is 1.85. The molecule has 0 spiro atoms. The molecule has 0 aliphatic rings. The number of hydrogen-bond donors (Lipinski definition) is 2. The van der Waals surface area contributed by atoms with Crippen molar-refractivity contribution in [3.63, 3.8) is 0 Å². The molecule has 7 heteroatoms. The minimum absolute atomic E-state index is 0. The van der Waals surface area contributed by atoms with E-state index in [2.05, 4.69) is 0 Å². The van der Waals surface area contributed by atoms with Gasteiger partial charge >= 0.3 is 0 Å². The van der Waals surface area contributed by atoms with Crippen LogP contribution in [0.1, 0.15) is 5.56 Å². The molecule has 0 aromatic heterocycles. The monoisotopic (exact) mass is 266 g/mol. The van der Waals surface area contributed by atoms with E-state index in [1.807, 2.05) is 0 Å². The molecule has 16 heavy (non-hydrogen) atoms. The van der Waals surface area contributed by atoms with Crippen LogP contribution in [0, 0.1) is 6.92 Å². The second kappa shape index (κ2) is 6.05. The normalized spacial score (nSPS) is 10.7. The maximum atomic E-state index is 11.0. The van der Waals surface area contributed by atoms with Gasteiger partial charge in [-0.25, -0.2) is 13.6 Å². The number of sulfonamides is 1. The van der Waals surface area contributed by atoms with Gasteiger partial charge < -0.3 is 10.5 Å². The van der Waals surface area contributed by atoms with E-state index in [9.17, 15) is 8.42 Å². The van der Waals surface area contributed by atoms with Gasteiger partial charge in [-0.15, -0.1) is 12.4 Å². The van der Waals surface area contributed by atoms with Gasteiger partial charge in [0.05, 0.1) is 4.90 Å². The Morgan fingerprint density at radius 2 is 2.00 bits per heavy atom. The molecule has 0 aliphatic carbocycles.